The first-order chi connectivity index (χ1) is 8.52. The van der Waals surface area contributed by atoms with Crippen molar-refractivity contribution < 1.29 is 13.2 Å². The third kappa shape index (κ3) is 2.72. The molecule has 5 heteroatoms. The minimum atomic E-state index is -4.42. The number of alkyl halides is 4. The van der Waals surface area contributed by atoms with Crippen molar-refractivity contribution in [2.75, 3.05) is 0 Å². The Hall–Kier alpha value is -1.36. The van der Waals surface area contributed by atoms with Gasteiger partial charge in [0.2, 0.25) is 0 Å². The van der Waals surface area contributed by atoms with Crippen LogP contribution in [0.2, 0.25) is 0 Å². The Morgan fingerprint density at radius 2 is 1.78 bits per heavy atom. The lowest BCUT2D eigenvalue weighted by Crippen LogP contribution is -2.08. The molecule has 1 aromatic heterocycles. The summed E-state index contributed by atoms with van der Waals surface area (Å²) in [6, 6.07) is 10.1. The molecule has 2 rings (SSSR count). The molecule has 0 amide bonds. The van der Waals surface area contributed by atoms with Gasteiger partial charge in [-0.1, -0.05) is 46.3 Å². The van der Waals surface area contributed by atoms with Crippen LogP contribution in [0.4, 0.5) is 13.2 Å². The predicted octanol–water partition coefficient (Wildman–Crippen LogP) is 4.66. The van der Waals surface area contributed by atoms with E-state index in [-0.39, 0.29) is 0 Å². The molecule has 0 bridgehead atoms. The summed E-state index contributed by atoms with van der Waals surface area (Å²) in [5.41, 5.74) is 1.16. The van der Waals surface area contributed by atoms with Crippen molar-refractivity contribution in [1.82, 2.24) is 4.98 Å². The lowest BCUT2D eigenvalue weighted by Gasteiger charge is -2.11. The van der Waals surface area contributed by atoms with Gasteiger partial charge >= 0.3 is 6.18 Å². The number of halogens is 4. The van der Waals surface area contributed by atoms with E-state index in [2.05, 4.69) is 20.9 Å². The summed E-state index contributed by atoms with van der Waals surface area (Å²) in [5, 5.41) is 0.461. The van der Waals surface area contributed by atoms with Gasteiger partial charge in [0.15, 0.2) is 0 Å². The molecule has 0 aliphatic carbocycles. The van der Waals surface area contributed by atoms with E-state index in [9.17, 15) is 13.2 Å². The first-order valence-corrected chi connectivity index (χ1v) is 6.32. The van der Waals surface area contributed by atoms with Crippen LogP contribution in [0.3, 0.4) is 0 Å². The molecule has 0 unspecified atom stereocenters. The highest BCUT2D eigenvalue weighted by Gasteiger charge is 2.33. The Morgan fingerprint density at radius 1 is 1.11 bits per heavy atom. The number of nitrogens with zero attached hydrogens (tertiary/aromatic N) is 1. The van der Waals surface area contributed by atoms with Crippen molar-refractivity contribution in [3.63, 3.8) is 0 Å². The van der Waals surface area contributed by atoms with Crippen LogP contribution in [-0.4, -0.2) is 4.98 Å². The molecule has 18 heavy (non-hydrogen) atoms. The van der Waals surface area contributed by atoms with Gasteiger partial charge in [-0.2, -0.15) is 13.2 Å². The molecule has 0 N–H and O–H groups in total. The standard InChI is InChI=1S/C13H9BrF3N/c14-7-10-8-18-12(13(15,16)17)6-11(10)9-4-2-1-3-5-9/h1-6,8H,7H2. The third-order valence-electron chi connectivity index (χ3n) is 2.51. The van der Waals surface area contributed by atoms with Gasteiger partial charge in [-0.3, -0.25) is 4.98 Å². The first-order valence-electron chi connectivity index (χ1n) is 5.20. The minimum absolute atomic E-state index is 0.461. The zero-order valence-electron chi connectivity index (χ0n) is 9.21. The smallest absolute Gasteiger partial charge is 0.251 e. The molecule has 94 valence electrons. The molecule has 0 radical (unpaired) electrons. The Kier molecular flexibility index (Phi) is 3.71. The van der Waals surface area contributed by atoms with E-state index in [4.69, 9.17) is 0 Å². The van der Waals surface area contributed by atoms with Crippen LogP contribution in [0.5, 0.6) is 0 Å². The highest BCUT2D eigenvalue weighted by atomic mass is 79.9. The highest BCUT2D eigenvalue weighted by Crippen LogP contribution is 2.32. The maximum absolute atomic E-state index is 12.6. The summed E-state index contributed by atoms with van der Waals surface area (Å²) in [7, 11) is 0. The molecule has 0 fully saturated rings. The second-order valence-corrected chi connectivity index (χ2v) is 4.28. The highest BCUT2D eigenvalue weighted by molar-refractivity contribution is 9.08. The summed E-state index contributed by atoms with van der Waals surface area (Å²) in [6.07, 6.45) is -3.16. The van der Waals surface area contributed by atoms with Gasteiger partial charge in [0.1, 0.15) is 5.69 Å². The van der Waals surface area contributed by atoms with Crippen molar-refractivity contribution in [2.24, 2.45) is 0 Å². The summed E-state index contributed by atoms with van der Waals surface area (Å²) in [6.45, 7) is 0. The van der Waals surface area contributed by atoms with Gasteiger partial charge in [0, 0.05) is 11.5 Å². The summed E-state index contributed by atoms with van der Waals surface area (Å²) >= 11 is 3.26. The van der Waals surface area contributed by atoms with Crippen LogP contribution in [0.1, 0.15) is 11.3 Å². The largest absolute Gasteiger partial charge is 0.433 e. The second-order valence-electron chi connectivity index (χ2n) is 3.72. The summed E-state index contributed by atoms with van der Waals surface area (Å²) < 4.78 is 37.9. The maximum atomic E-state index is 12.6. The minimum Gasteiger partial charge on any atom is -0.251 e. The Morgan fingerprint density at radius 3 is 2.33 bits per heavy atom. The molecule has 1 aromatic carbocycles. The normalized spacial score (nSPS) is 11.6. The summed E-state index contributed by atoms with van der Waals surface area (Å²) in [5.74, 6) is 0. The molecular weight excluding hydrogens is 307 g/mol. The van der Waals surface area contributed by atoms with Crippen LogP contribution < -0.4 is 0 Å². The lowest BCUT2D eigenvalue weighted by atomic mass is 10.0. The molecular formula is C13H9BrF3N. The number of aromatic nitrogens is 1. The quantitative estimate of drug-likeness (QED) is 0.734. The zero-order valence-corrected chi connectivity index (χ0v) is 10.8. The molecule has 0 aliphatic heterocycles. The van der Waals surface area contributed by atoms with Crippen LogP contribution in [0.25, 0.3) is 11.1 Å². The van der Waals surface area contributed by atoms with Gasteiger partial charge in [-0.05, 0) is 22.8 Å². The monoisotopic (exact) mass is 315 g/mol. The molecule has 0 atom stereocenters. The predicted molar refractivity (Wildman–Crippen MR) is 67.3 cm³/mol. The number of hydrogen-bond donors (Lipinski definition) is 0. The van der Waals surface area contributed by atoms with Gasteiger partial charge in [-0.25, -0.2) is 0 Å². The van der Waals surface area contributed by atoms with E-state index in [0.29, 0.717) is 10.9 Å². The topological polar surface area (TPSA) is 12.9 Å². The molecule has 1 nitrogen and oxygen atoms in total. The maximum Gasteiger partial charge on any atom is 0.433 e. The fourth-order valence-electron chi connectivity index (χ4n) is 1.63. The second kappa shape index (κ2) is 5.10. The fraction of sp³-hybridized carbons (Fsp3) is 0.154. The van der Waals surface area contributed by atoms with Crippen molar-refractivity contribution in [1.29, 1.82) is 0 Å². The van der Waals surface area contributed by atoms with Crippen molar-refractivity contribution in [2.45, 2.75) is 11.5 Å². The average Bonchev–Trinajstić information content (AvgIpc) is 2.38. The van der Waals surface area contributed by atoms with E-state index in [1.165, 1.54) is 6.20 Å². The number of benzene rings is 1. The molecule has 0 spiro atoms. The van der Waals surface area contributed by atoms with Crippen molar-refractivity contribution in [3.8, 4) is 11.1 Å². The molecule has 1 heterocycles. The van der Waals surface area contributed by atoms with E-state index in [1.807, 2.05) is 6.07 Å². The first kappa shape index (κ1) is 13.1. The number of rotatable bonds is 2. The number of pyridine rings is 1. The average molecular weight is 316 g/mol. The van der Waals surface area contributed by atoms with E-state index in [1.54, 1.807) is 24.3 Å². The van der Waals surface area contributed by atoms with Crippen LogP contribution in [0.15, 0.2) is 42.6 Å². The molecule has 0 saturated carbocycles. The van der Waals surface area contributed by atoms with E-state index >= 15 is 0 Å². The van der Waals surface area contributed by atoms with Gasteiger partial charge < -0.3 is 0 Å². The fourth-order valence-corrected chi connectivity index (χ4v) is 2.08. The van der Waals surface area contributed by atoms with Crippen LogP contribution >= 0.6 is 15.9 Å². The van der Waals surface area contributed by atoms with Gasteiger partial charge in [0.05, 0.1) is 0 Å². The van der Waals surface area contributed by atoms with Crippen LogP contribution in [0, 0.1) is 0 Å². The van der Waals surface area contributed by atoms with Crippen molar-refractivity contribution >= 4 is 15.9 Å². The Bertz CT molecular complexity index is 538. The lowest BCUT2D eigenvalue weighted by molar-refractivity contribution is -0.141. The number of hydrogen-bond acceptors (Lipinski definition) is 1. The Balaban J connectivity index is 2.57. The third-order valence-corrected chi connectivity index (χ3v) is 3.11. The zero-order chi connectivity index (χ0) is 13.2. The molecule has 0 aliphatic rings. The van der Waals surface area contributed by atoms with Gasteiger partial charge in [0.25, 0.3) is 0 Å². The van der Waals surface area contributed by atoms with E-state index in [0.717, 1.165) is 17.2 Å². The SMILES string of the molecule is FC(F)(F)c1cc(-c2ccccc2)c(CBr)cn1. The van der Waals surface area contributed by atoms with Crippen molar-refractivity contribution in [3.05, 3.63) is 53.9 Å². The van der Waals surface area contributed by atoms with Crippen LogP contribution in [-0.2, 0) is 11.5 Å². The summed E-state index contributed by atoms with van der Waals surface area (Å²) in [4.78, 5) is 3.45. The van der Waals surface area contributed by atoms with Gasteiger partial charge in [-0.15, -0.1) is 0 Å². The molecule has 0 saturated heterocycles. The van der Waals surface area contributed by atoms with E-state index < -0.39 is 11.9 Å². The Labute approximate surface area is 111 Å². The molecule has 2 aromatic rings.